The van der Waals surface area contributed by atoms with Gasteiger partial charge in [-0.25, -0.2) is 4.98 Å². The third kappa shape index (κ3) is 5.67. The summed E-state index contributed by atoms with van der Waals surface area (Å²) >= 11 is 1.53. The van der Waals surface area contributed by atoms with Gasteiger partial charge in [0, 0.05) is 28.8 Å². The van der Waals surface area contributed by atoms with Crippen molar-refractivity contribution in [3.63, 3.8) is 0 Å². The van der Waals surface area contributed by atoms with Crippen LogP contribution in [0, 0.1) is 27.7 Å². The molecule has 1 amide bonds. The third-order valence-electron chi connectivity index (χ3n) is 5.48. The van der Waals surface area contributed by atoms with Crippen molar-refractivity contribution < 1.29 is 9.59 Å². The Morgan fingerprint density at radius 1 is 0.935 bits per heavy atom. The zero-order valence-electron chi connectivity index (χ0n) is 19.0. The predicted molar refractivity (Wildman–Crippen MR) is 129 cm³/mol. The minimum absolute atomic E-state index is 0.0138. The number of Topliss-reactive ketones (excluding diaryl/α,β-unsaturated/α-hetero) is 1. The number of hydrogen-bond acceptors (Lipinski definition) is 4. The molecule has 31 heavy (non-hydrogen) atoms. The summed E-state index contributed by atoms with van der Waals surface area (Å²) in [6.45, 7) is 10.3. The molecule has 0 saturated heterocycles. The van der Waals surface area contributed by atoms with E-state index < -0.39 is 0 Å². The maximum Gasteiger partial charge on any atom is 0.226 e. The average Bonchev–Trinajstić information content (AvgIpc) is 3.12. The predicted octanol–water partition coefficient (Wildman–Crippen LogP) is 6.60. The lowest BCUT2D eigenvalue weighted by molar-refractivity contribution is -0.116. The number of thiazole rings is 1. The number of anilines is 1. The van der Waals surface area contributed by atoms with E-state index in [1.54, 1.807) is 0 Å². The smallest absolute Gasteiger partial charge is 0.226 e. The molecule has 0 aliphatic carbocycles. The number of aromatic nitrogens is 1. The Kier molecular flexibility index (Phi) is 7.39. The first-order valence-electron chi connectivity index (χ1n) is 10.8. The molecule has 0 aliphatic heterocycles. The second-order valence-electron chi connectivity index (χ2n) is 8.13. The highest BCUT2D eigenvalue weighted by Gasteiger charge is 2.17. The number of nitrogens with one attached hydrogen (secondary N) is 1. The van der Waals surface area contributed by atoms with Gasteiger partial charge in [-0.15, -0.1) is 11.3 Å². The van der Waals surface area contributed by atoms with Gasteiger partial charge in [0.2, 0.25) is 5.91 Å². The van der Waals surface area contributed by atoms with Gasteiger partial charge in [-0.1, -0.05) is 43.2 Å². The summed E-state index contributed by atoms with van der Waals surface area (Å²) in [4.78, 5) is 30.9. The zero-order chi connectivity index (χ0) is 22.5. The highest BCUT2D eigenvalue weighted by molar-refractivity contribution is 7.16. The molecule has 162 valence electrons. The lowest BCUT2D eigenvalue weighted by Gasteiger charge is -2.06. The molecule has 2 aromatic carbocycles. The van der Waals surface area contributed by atoms with Crippen LogP contribution in [0.1, 0.15) is 63.7 Å². The van der Waals surface area contributed by atoms with Crippen molar-refractivity contribution in [3.05, 3.63) is 69.1 Å². The molecule has 0 bridgehead atoms. The summed E-state index contributed by atoms with van der Waals surface area (Å²) in [6.07, 6.45) is 2.26. The van der Waals surface area contributed by atoms with Crippen molar-refractivity contribution in [2.75, 3.05) is 5.32 Å². The summed E-state index contributed by atoms with van der Waals surface area (Å²) in [5.41, 5.74) is 7.32. The van der Waals surface area contributed by atoms with Gasteiger partial charge in [-0.2, -0.15) is 0 Å². The zero-order valence-corrected chi connectivity index (χ0v) is 19.8. The van der Waals surface area contributed by atoms with E-state index >= 15 is 0 Å². The molecule has 0 spiro atoms. The maximum absolute atomic E-state index is 12.5. The van der Waals surface area contributed by atoms with Crippen LogP contribution in [0.2, 0.25) is 0 Å². The quantitative estimate of drug-likeness (QED) is 0.406. The SMILES string of the molecule is CCCc1sc(NC(=O)CCC(=O)c2ccc(C)c(C)c2)nc1-c1cc(C)ccc1C. The number of carbonyl (C=O) groups is 2. The number of nitrogens with zero attached hydrogens (tertiary/aromatic N) is 1. The van der Waals surface area contributed by atoms with Crippen LogP contribution in [0.4, 0.5) is 5.13 Å². The molecule has 3 rings (SSSR count). The Morgan fingerprint density at radius 2 is 1.68 bits per heavy atom. The molecule has 1 N–H and O–H groups in total. The fourth-order valence-corrected chi connectivity index (χ4v) is 4.56. The minimum Gasteiger partial charge on any atom is -0.302 e. The van der Waals surface area contributed by atoms with Crippen molar-refractivity contribution in [1.29, 1.82) is 0 Å². The van der Waals surface area contributed by atoms with Crippen molar-refractivity contribution in [2.24, 2.45) is 0 Å². The van der Waals surface area contributed by atoms with E-state index in [9.17, 15) is 9.59 Å². The fraction of sp³-hybridized carbons (Fsp3) is 0.346. The number of benzene rings is 2. The van der Waals surface area contributed by atoms with E-state index in [1.807, 2.05) is 32.0 Å². The Bertz CT molecular complexity index is 1110. The highest BCUT2D eigenvalue weighted by Crippen LogP contribution is 2.34. The van der Waals surface area contributed by atoms with Gasteiger partial charge in [-0.05, 0) is 62.9 Å². The van der Waals surface area contributed by atoms with Gasteiger partial charge in [-0.3, -0.25) is 9.59 Å². The molecular weight excluding hydrogens is 404 g/mol. The minimum atomic E-state index is -0.179. The van der Waals surface area contributed by atoms with Gasteiger partial charge >= 0.3 is 0 Å². The molecule has 0 radical (unpaired) electrons. The molecular formula is C26H30N2O2S. The van der Waals surface area contributed by atoms with Crippen LogP contribution < -0.4 is 5.32 Å². The molecule has 0 saturated carbocycles. The first kappa shape index (κ1) is 22.9. The van der Waals surface area contributed by atoms with Crippen molar-refractivity contribution in [1.82, 2.24) is 4.98 Å². The fourth-order valence-electron chi connectivity index (χ4n) is 3.47. The van der Waals surface area contributed by atoms with Crippen LogP contribution in [0.15, 0.2) is 36.4 Å². The topological polar surface area (TPSA) is 59.1 Å². The first-order chi connectivity index (χ1) is 14.8. The van der Waals surface area contributed by atoms with Crippen LogP contribution in [0.3, 0.4) is 0 Å². The number of carbonyl (C=O) groups excluding carboxylic acids is 2. The van der Waals surface area contributed by atoms with Gasteiger partial charge < -0.3 is 5.32 Å². The summed E-state index contributed by atoms with van der Waals surface area (Å²) in [5, 5.41) is 3.51. The molecule has 0 fully saturated rings. The monoisotopic (exact) mass is 434 g/mol. The average molecular weight is 435 g/mol. The van der Waals surface area contributed by atoms with Crippen molar-refractivity contribution in [2.45, 2.75) is 60.3 Å². The largest absolute Gasteiger partial charge is 0.302 e. The van der Waals surface area contributed by atoms with E-state index in [0.29, 0.717) is 10.7 Å². The summed E-state index contributed by atoms with van der Waals surface area (Å²) < 4.78 is 0. The van der Waals surface area contributed by atoms with Crippen LogP contribution in [-0.4, -0.2) is 16.7 Å². The molecule has 0 aliphatic rings. The van der Waals surface area contributed by atoms with Gasteiger partial charge in [0.25, 0.3) is 0 Å². The molecule has 3 aromatic rings. The van der Waals surface area contributed by atoms with E-state index in [2.05, 4.69) is 44.3 Å². The number of hydrogen-bond donors (Lipinski definition) is 1. The standard InChI is InChI=1S/C26H30N2O2S/c1-6-7-23-25(21-14-16(2)8-9-18(21)4)28-26(31-23)27-24(30)13-12-22(29)20-11-10-17(3)19(5)15-20/h8-11,14-15H,6-7,12-13H2,1-5H3,(H,27,28,30). The maximum atomic E-state index is 12.5. The summed E-state index contributed by atoms with van der Waals surface area (Å²) in [5.74, 6) is -0.193. The number of amides is 1. The van der Waals surface area contributed by atoms with E-state index in [-0.39, 0.29) is 24.5 Å². The van der Waals surface area contributed by atoms with Gasteiger partial charge in [0.1, 0.15) is 0 Å². The lowest BCUT2D eigenvalue weighted by atomic mass is 10.0. The van der Waals surface area contributed by atoms with Crippen LogP contribution in [0.25, 0.3) is 11.3 Å². The first-order valence-corrected chi connectivity index (χ1v) is 11.6. The number of ketones is 1. The van der Waals surface area contributed by atoms with E-state index in [0.717, 1.165) is 35.2 Å². The molecule has 0 unspecified atom stereocenters. The Labute approximate surface area is 188 Å². The Hall–Kier alpha value is -2.79. The van der Waals surface area contributed by atoms with E-state index in [1.165, 1.54) is 27.3 Å². The number of aryl methyl sites for hydroxylation is 5. The van der Waals surface area contributed by atoms with Crippen molar-refractivity contribution in [3.8, 4) is 11.3 Å². The van der Waals surface area contributed by atoms with Crippen molar-refractivity contribution >= 4 is 28.2 Å². The lowest BCUT2D eigenvalue weighted by Crippen LogP contribution is -2.13. The molecule has 1 heterocycles. The summed E-state index contributed by atoms with van der Waals surface area (Å²) in [7, 11) is 0. The highest BCUT2D eigenvalue weighted by atomic mass is 32.1. The Morgan fingerprint density at radius 3 is 2.39 bits per heavy atom. The van der Waals surface area contributed by atoms with Crippen LogP contribution in [-0.2, 0) is 11.2 Å². The molecule has 4 nitrogen and oxygen atoms in total. The molecule has 1 aromatic heterocycles. The second kappa shape index (κ2) is 10.0. The second-order valence-corrected chi connectivity index (χ2v) is 9.21. The van der Waals surface area contributed by atoms with Crippen LogP contribution in [0.5, 0.6) is 0 Å². The number of rotatable bonds is 8. The van der Waals surface area contributed by atoms with E-state index in [4.69, 9.17) is 4.98 Å². The molecule has 5 heteroatoms. The van der Waals surface area contributed by atoms with Gasteiger partial charge in [0.05, 0.1) is 5.69 Å². The summed E-state index contributed by atoms with van der Waals surface area (Å²) in [6, 6.07) is 12.0. The Balaban J connectivity index is 1.70. The van der Waals surface area contributed by atoms with Gasteiger partial charge in [0.15, 0.2) is 10.9 Å². The third-order valence-corrected chi connectivity index (χ3v) is 6.51. The molecule has 0 atom stereocenters. The normalized spacial score (nSPS) is 10.9. The van der Waals surface area contributed by atoms with Crippen LogP contribution >= 0.6 is 11.3 Å².